The number of nitrogens with one attached hydrogen (secondary N) is 1. The summed E-state index contributed by atoms with van der Waals surface area (Å²) in [5.74, 6) is 1.23. The van der Waals surface area contributed by atoms with Gasteiger partial charge in [0.05, 0.1) is 11.1 Å². The minimum absolute atomic E-state index is 0.133. The van der Waals surface area contributed by atoms with Crippen LogP contribution in [0.2, 0.25) is 0 Å². The number of nitrogen functional groups attached to an aromatic ring is 1. The monoisotopic (exact) mass is 318 g/mol. The van der Waals surface area contributed by atoms with Gasteiger partial charge in [-0.1, -0.05) is 0 Å². The van der Waals surface area contributed by atoms with Crippen LogP contribution in [0, 0.1) is 10.1 Å². The molecule has 2 aromatic heterocycles. The second-order valence-electron chi connectivity index (χ2n) is 5.46. The largest absolute Gasteiger partial charge is 0.378 e. The predicted molar refractivity (Wildman–Crippen MR) is 85.2 cm³/mol. The van der Waals surface area contributed by atoms with Gasteiger partial charge in [0.1, 0.15) is 12.0 Å². The Morgan fingerprint density at radius 3 is 3.00 bits per heavy atom. The molecule has 0 saturated carbocycles. The standard InChI is InChI=1S/C13H18N8O2/c1-19-11(4-5-16-19)20-6-2-3-9(8-20)17-13-15-7-10(21(22)23)12(14)18-13/h4-5,7,9H,2-3,6,8H2,1H3,(H3,14,15,17,18). The van der Waals surface area contributed by atoms with Crippen molar-refractivity contribution >= 4 is 23.3 Å². The van der Waals surface area contributed by atoms with Crippen molar-refractivity contribution in [1.29, 1.82) is 0 Å². The number of anilines is 3. The van der Waals surface area contributed by atoms with Crippen LogP contribution < -0.4 is 16.0 Å². The summed E-state index contributed by atoms with van der Waals surface area (Å²) in [6.07, 6.45) is 4.89. The summed E-state index contributed by atoms with van der Waals surface area (Å²) in [4.78, 5) is 20.3. The van der Waals surface area contributed by atoms with Gasteiger partial charge >= 0.3 is 5.69 Å². The minimum atomic E-state index is -0.593. The molecule has 1 aliphatic heterocycles. The van der Waals surface area contributed by atoms with E-state index in [1.165, 1.54) is 0 Å². The first-order valence-electron chi connectivity index (χ1n) is 7.31. The summed E-state index contributed by atoms with van der Waals surface area (Å²) in [6, 6.07) is 2.11. The van der Waals surface area contributed by atoms with Gasteiger partial charge in [-0.25, -0.2) is 4.98 Å². The number of piperidine rings is 1. The molecular formula is C13H18N8O2. The molecule has 122 valence electrons. The molecule has 1 saturated heterocycles. The van der Waals surface area contributed by atoms with Gasteiger partial charge in [0.15, 0.2) is 0 Å². The molecule has 0 radical (unpaired) electrons. The second-order valence-corrected chi connectivity index (χ2v) is 5.46. The van der Waals surface area contributed by atoms with E-state index in [2.05, 4.69) is 25.3 Å². The third kappa shape index (κ3) is 3.15. The smallest absolute Gasteiger partial charge is 0.329 e. The first-order chi connectivity index (χ1) is 11.0. The van der Waals surface area contributed by atoms with Crippen LogP contribution in [0.15, 0.2) is 18.5 Å². The van der Waals surface area contributed by atoms with Crippen LogP contribution in [-0.2, 0) is 7.05 Å². The lowest BCUT2D eigenvalue weighted by Crippen LogP contribution is -2.43. The van der Waals surface area contributed by atoms with Gasteiger partial charge in [-0.3, -0.25) is 14.8 Å². The molecule has 1 aliphatic rings. The van der Waals surface area contributed by atoms with Crippen LogP contribution >= 0.6 is 0 Å². The maximum absolute atomic E-state index is 10.7. The third-order valence-electron chi connectivity index (χ3n) is 3.87. The Hall–Kier alpha value is -2.91. The molecule has 1 fully saturated rings. The zero-order chi connectivity index (χ0) is 16.4. The topological polar surface area (TPSA) is 128 Å². The Morgan fingerprint density at radius 1 is 1.52 bits per heavy atom. The zero-order valence-corrected chi connectivity index (χ0v) is 12.7. The maximum atomic E-state index is 10.7. The Balaban J connectivity index is 1.69. The normalized spacial score (nSPS) is 18.0. The van der Waals surface area contributed by atoms with E-state index in [0.29, 0.717) is 5.95 Å². The molecule has 0 bridgehead atoms. The van der Waals surface area contributed by atoms with Gasteiger partial charge < -0.3 is 16.0 Å². The molecule has 3 heterocycles. The van der Waals surface area contributed by atoms with Gasteiger partial charge in [0.2, 0.25) is 11.8 Å². The number of nitro groups is 1. The molecule has 1 unspecified atom stereocenters. The highest BCUT2D eigenvalue weighted by molar-refractivity contribution is 5.53. The van der Waals surface area contributed by atoms with Gasteiger partial charge in [-0.2, -0.15) is 10.1 Å². The number of rotatable bonds is 4. The number of hydrogen-bond donors (Lipinski definition) is 2. The first-order valence-corrected chi connectivity index (χ1v) is 7.31. The molecule has 0 amide bonds. The second kappa shape index (κ2) is 6.07. The summed E-state index contributed by atoms with van der Waals surface area (Å²) in [7, 11) is 1.91. The summed E-state index contributed by atoms with van der Waals surface area (Å²) < 4.78 is 1.84. The molecule has 10 nitrogen and oxygen atoms in total. The fourth-order valence-corrected chi connectivity index (χ4v) is 2.76. The van der Waals surface area contributed by atoms with Gasteiger partial charge in [-0.05, 0) is 12.8 Å². The van der Waals surface area contributed by atoms with Crippen molar-refractivity contribution in [2.75, 3.05) is 29.0 Å². The van der Waals surface area contributed by atoms with Gasteiger partial charge in [0, 0.05) is 32.2 Å². The van der Waals surface area contributed by atoms with Crippen LogP contribution in [0.5, 0.6) is 0 Å². The lowest BCUT2D eigenvalue weighted by molar-refractivity contribution is -0.384. The Morgan fingerprint density at radius 2 is 2.35 bits per heavy atom. The maximum Gasteiger partial charge on any atom is 0.329 e. The Labute approximate surface area is 132 Å². The van der Waals surface area contributed by atoms with E-state index in [1.54, 1.807) is 6.20 Å². The fraction of sp³-hybridized carbons (Fsp3) is 0.462. The number of nitrogens with two attached hydrogens (primary N) is 1. The highest BCUT2D eigenvalue weighted by Crippen LogP contribution is 2.22. The van der Waals surface area contributed by atoms with Crippen LogP contribution in [0.4, 0.5) is 23.3 Å². The van der Waals surface area contributed by atoms with E-state index in [0.717, 1.165) is 37.9 Å². The van der Waals surface area contributed by atoms with Crippen molar-refractivity contribution in [2.24, 2.45) is 7.05 Å². The van der Waals surface area contributed by atoms with E-state index >= 15 is 0 Å². The average molecular weight is 318 g/mol. The lowest BCUT2D eigenvalue weighted by atomic mass is 10.1. The number of aryl methyl sites for hydroxylation is 1. The van der Waals surface area contributed by atoms with Crippen molar-refractivity contribution in [1.82, 2.24) is 19.7 Å². The number of nitrogens with zero attached hydrogens (tertiary/aromatic N) is 6. The van der Waals surface area contributed by atoms with E-state index in [1.807, 2.05) is 17.8 Å². The predicted octanol–water partition coefficient (Wildman–Crippen LogP) is 0.781. The van der Waals surface area contributed by atoms with Crippen molar-refractivity contribution in [3.8, 4) is 0 Å². The van der Waals surface area contributed by atoms with E-state index in [-0.39, 0.29) is 17.5 Å². The molecule has 3 N–H and O–H groups in total. The average Bonchev–Trinajstić information content (AvgIpc) is 2.93. The zero-order valence-electron chi connectivity index (χ0n) is 12.7. The van der Waals surface area contributed by atoms with Crippen LogP contribution in [-0.4, -0.2) is 43.8 Å². The summed E-state index contributed by atoms with van der Waals surface area (Å²) in [5, 5.41) is 18.1. The summed E-state index contributed by atoms with van der Waals surface area (Å²) in [6.45, 7) is 1.74. The molecule has 0 aliphatic carbocycles. The van der Waals surface area contributed by atoms with Crippen molar-refractivity contribution in [3.63, 3.8) is 0 Å². The lowest BCUT2D eigenvalue weighted by Gasteiger charge is -2.34. The number of aromatic nitrogens is 4. The third-order valence-corrected chi connectivity index (χ3v) is 3.87. The Kier molecular flexibility index (Phi) is 3.96. The molecule has 3 rings (SSSR count). The van der Waals surface area contributed by atoms with Crippen LogP contribution in [0.3, 0.4) is 0 Å². The van der Waals surface area contributed by atoms with Crippen molar-refractivity contribution in [3.05, 3.63) is 28.6 Å². The van der Waals surface area contributed by atoms with E-state index in [4.69, 9.17) is 5.73 Å². The molecule has 10 heteroatoms. The molecule has 0 spiro atoms. The van der Waals surface area contributed by atoms with E-state index in [9.17, 15) is 10.1 Å². The quantitative estimate of drug-likeness (QED) is 0.625. The fourth-order valence-electron chi connectivity index (χ4n) is 2.76. The van der Waals surface area contributed by atoms with Gasteiger partial charge in [-0.15, -0.1) is 0 Å². The summed E-state index contributed by atoms with van der Waals surface area (Å²) >= 11 is 0. The SMILES string of the molecule is Cn1nccc1N1CCCC(Nc2ncc([N+](=O)[O-])c(N)n2)C1. The Bertz CT molecular complexity index is 716. The highest BCUT2D eigenvalue weighted by atomic mass is 16.6. The first kappa shape index (κ1) is 15.0. The van der Waals surface area contributed by atoms with Crippen LogP contribution in [0.1, 0.15) is 12.8 Å². The summed E-state index contributed by atoms with van der Waals surface area (Å²) in [5.41, 5.74) is 5.32. The van der Waals surface area contributed by atoms with Crippen LogP contribution in [0.25, 0.3) is 0 Å². The molecule has 1 atom stereocenters. The molecule has 2 aromatic rings. The van der Waals surface area contributed by atoms with E-state index < -0.39 is 4.92 Å². The molecular weight excluding hydrogens is 300 g/mol. The van der Waals surface area contributed by atoms with Crippen molar-refractivity contribution in [2.45, 2.75) is 18.9 Å². The highest BCUT2D eigenvalue weighted by Gasteiger charge is 2.23. The minimum Gasteiger partial charge on any atom is -0.378 e. The van der Waals surface area contributed by atoms with Gasteiger partial charge in [0.25, 0.3) is 0 Å². The molecule has 23 heavy (non-hydrogen) atoms. The number of hydrogen-bond acceptors (Lipinski definition) is 8. The van der Waals surface area contributed by atoms with Crippen molar-refractivity contribution < 1.29 is 4.92 Å². The molecule has 0 aromatic carbocycles.